The highest BCUT2D eigenvalue weighted by molar-refractivity contribution is 6.26. The van der Waals surface area contributed by atoms with Crippen LogP contribution in [0.1, 0.15) is 92.7 Å². The minimum Gasteiger partial charge on any atom is -0.307 e. The van der Waals surface area contributed by atoms with Crippen molar-refractivity contribution in [3.8, 4) is 11.1 Å². The van der Waals surface area contributed by atoms with Crippen LogP contribution in [-0.2, 0) is 7.05 Å². The van der Waals surface area contributed by atoms with E-state index in [9.17, 15) is 0 Å². The van der Waals surface area contributed by atoms with Gasteiger partial charge in [-0.15, -0.1) is 0 Å². The van der Waals surface area contributed by atoms with Crippen molar-refractivity contribution in [1.82, 2.24) is 4.40 Å². The van der Waals surface area contributed by atoms with Gasteiger partial charge in [0, 0.05) is 16.8 Å². The third-order valence-electron chi connectivity index (χ3n) is 9.87. The van der Waals surface area contributed by atoms with Gasteiger partial charge in [0.1, 0.15) is 7.05 Å². The fraction of sp³-hybridized carbons (Fsp3) is 0.325. The predicted molar refractivity (Wildman–Crippen MR) is 182 cm³/mol. The van der Waals surface area contributed by atoms with E-state index in [1.165, 1.54) is 93.5 Å². The molecule has 2 heteroatoms. The largest absolute Gasteiger partial charge is 0.307 e. The minimum absolute atomic E-state index is 0.431. The molecule has 4 aromatic carbocycles. The highest BCUT2D eigenvalue weighted by atomic mass is 15.0. The van der Waals surface area contributed by atoms with Gasteiger partial charge in [0.05, 0.1) is 27.3 Å². The summed E-state index contributed by atoms with van der Waals surface area (Å²) in [5.74, 6) is 1.36. The third kappa shape index (κ3) is 3.67. The number of aryl methyl sites for hydroxylation is 4. The molecule has 0 unspecified atom stereocenters. The Kier molecular flexibility index (Phi) is 5.97. The van der Waals surface area contributed by atoms with Crippen LogP contribution >= 0.6 is 0 Å². The van der Waals surface area contributed by atoms with Crippen LogP contribution in [0.4, 0.5) is 0 Å². The van der Waals surface area contributed by atoms with E-state index in [-0.39, 0.29) is 0 Å². The standard InChI is InChI=1S/C40H43N2/c1-21(2)28-18-31(22(3)4)37(32(19-28)23(5)6)29-17-27-13-14-41(10)40-36-24(7)11-12-30-33-15-25(8)26(9)16-34(33)42(39(30)36)35(20-29)38(27)40/h11-23H,1-10H3/q+1. The number of benzene rings is 4. The summed E-state index contributed by atoms with van der Waals surface area (Å²) < 4.78 is 4.92. The molecule has 0 radical (unpaired) electrons. The van der Waals surface area contributed by atoms with Gasteiger partial charge in [-0.25, -0.2) is 4.57 Å². The lowest BCUT2D eigenvalue weighted by Crippen LogP contribution is -2.28. The molecule has 0 aliphatic rings. The fourth-order valence-electron chi connectivity index (χ4n) is 7.41. The van der Waals surface area contributed by atoms with Crippen LogP contribution in [0.15, 0.2) is 60.8 Å². The van der Waals surface area contributed by atoms with Gasteiger partial charge in [-0.1, -0.05) is 65.8 Å². The smallest absolute Gasteiger partial charge is 0.224 e. The van der Waals surface area contributed by atoms with Crippen molar-refractivity contribution in [2.24, 2.45) is 7.05 Å². The molecule has 0 saturated heterocycles. The molecule has 0 spiro atoms. The zero-order chi connectivity index (χ0) is 29.8. The number of hydrogen-bond acceptors (Lipinski definition) is 0. The van der Waals surface area contributed by atoms with Crippen molar-refractivity contribution in [3.63, 3.8) is 0 Å². The average Bonchev–Trinajstić information content (AvgIpc) is 3.25. The molecule has 0 amide bonds. The van der Waals surface area contributed by atoms with Crippen LogP contribution in [0.2, 0.25) is 0 Å². The molecule has 7 aromatic rings. The van der Waals surface area contributed by atoms with Gasteiger partial charge in [-0.2, -0.15) is 0 Å². The molecule has 3 aromatic heterocycles. The van der Waals surface area contributed by atoms with Crippen LogP contribution in [0, 0.1) is 20.8 Å². The second kappa shape index (κ2) is 9.30. The summed E-state index contributed by atoms with van der Waals surface area (Å²) in [5.41, 5.74) is 16.4. The third-order valence-corrected chi connectivity index (χ3v) is 9.87. The maximum absolute atomic E-state index is 2.59. The van der Waals surface area contributed by atoms with Crippen LogP contribution < -0.4 is 4.57 Å². The van der Waals surface area contributed by atoms with Crippen LogP contribution in [0.5, 0.6) is 0 Å². The second-order valence-electron chi connectivity index (χ2n) is 13.7. The number of fused-ring (bicyclic) bond motifs is 5. The average molecular weight is 552 g/mol. The Labute approximate surface area is 249 Å². The summed E-state index contributed by atoms with van der Waals surface area (Å²) in [6.07, 6.45) is 2.25. The molecule has 0 N–H and O–H groups in total. The van der Waals surface area contributed by atoms with Gasteiger partial charge in [0.2, 0.25) is 5.52 Å². The van der Waals surface area contributed by atoms with Crippen molar-refractivity contribution in [1.29, 1.82) is 0 Å². The molecule has 3 heterocycles. The maximum Gasteiger partial charge on any atom is 0.224 e. The Hall–Kier alpha value is -3.91. The lowest BCUT2D eigenvalue weighted by molar-refractivity contribution is -0.643. The topological polar surface area (TPSA) is 8.29 Å². The lowest BCUT2D eigenvalue weighted by atomic mass is 9.81. The summed E-state index contributed by atoms with van der Waals surface area (Å²) in [7, 11) is 2.20. The molecule has 0 bridgehead atoms. The molecule has 7 rings (SSSR count). The molecule has 0 fully saturated rings. The Morgan fingerprint density at radius 2 is 1.29 bits per heavy atom. The molecule has 42 heavy (non-hydrogen) atoms. The van der Waals surface area contributed by atoms with Crippen molar-refractivity contribution < 1.29 is 4.57 Å². The van der Waals surface area contributed by atoms with E-state index in [0.29, 0.717) is 17.8 Å². The molecule has 0 saturated carbocycles. The second-order valence-corrected chi connectivity index (χ2v) is 13.7. The Morgan fingerprint density at radius 3 is 1.93 bits per heavy atom. The lowest BCUT2D eigenvalue weighted by Gasteiger charge is -2.24. The van der Waals surface area contributed by atoms with Gasteiger partial charge in [-0.3, -0.25) is 0 Å². The number of pyridine rings is 2. The van der Waals surface area contributed by atoms with Gasteiger partial charge >= 0.3 is 0 Å². The van der Waals surface area contributed by atoms with E-state index in [1.54, 1.807) is 0 Å². The van der Waals surface area contributed by atoms with Gasteiger partial charge in [-0.05, 0) is 113 Å². The number of rotatable bonds is 4. The van der Waals surface area contributed by atoms with E-state index >= 15 is 0 Å². The first-order chi connectivity index (χ1) is 20.0. The van der Waals surface area contributed by atoms with Crippen LogP contribution in [-0.4, -0.2) is 4.40 Å². The molecular weight excluding hydrogens is 508 g/mol. The molecule has 2 nitrogen and oxygen atoms in total. The van der Waals surface area contributed by atoms with Crippen molar-refractivity contribution in [2.75, 3.05) is 0 Å². The van der Waals surface area contributed by atoms with Crippen LogP contribution in [0.3, 0.4) is 0 Å². The quantitative estimate of drug-likeness (QED) is 0.117. The van der Waals surface area contributed by atoms with E-state index in [2.05, 4.69) is 139 Å². The number of aromatic nitrogens is 2. The first-order valence-corrected chi connectivity index (χ1v) is 15.7. The van der Waals surface area contributed by atoms with E-state index in [0.717, 1.165) is 0 Å². The first kappa shape index (κ1) is 27.0. The minimum atomic E-state index is 0.431. The number of hydrogen-bond donors (Lipinski definition) is 0. The molecule has 0 aliphatic heterocycles. The zero-order valence-electron chi connectivity index (χ0n) is 26.9. The van der Waals surface area contributed by atoms with Crippen molar-refractivity contribution >= 4 is 49.0 Å². The van der Waals surface area contributed by atoms with E-state index < -0.39 is 0 Å². The van der Waals surface area contributed by atoms with E-state index in [1.807, 2.05) is 0 Å². The zero-order valence-corrected chi connectivity index (χ0v) is 26.9. The van der Waals surface area contributed by atoms with Gasteiger partial charge in [0.25, 0.3) is 0 Å². The Bertz CT molecular complexity index is 2180. The fourth-order valence-corrected chi connectivity index (χ4v) is 7.41. The molecular formula is C40H43N2+. The Balaban J connectivity index is 1.75. The summed E-state index contributed by atoms with van der Waals surface area (Å²) >= 11 is 0. The predicted octanol–water partition coefficient (Wildman–Crippen LogP) is 10.8. The summed E-state index contributed by atoms with van der Waals surface area (Å²) in [5, 5.41) is 6.70. The molecule has 212 valence electrons. The SMILES string of the molecule is Cc1cc2c3ccc(C)c4c3n(c2cc1C)c1cc(-c2c(C(C)C)cc(C(C)C)cc2C(C)C)cc2cc[n+](C)c4c21. The van der Waals surface area contributed by atoms with Gasteiger partial charge in [0.15, 0.2) is 6.20 Å². The number of nitrogens with zero attached hydrogens (tertiary/aromatic N) is 2. The molecule has 0 aliphatic carbocycles. The van der Waals surface area contributed by atoms with Crippen LogP contribution in [0.25, 0.3) is 60.1 Å². The molecule has 0 atom stereocenters. The summed E-state index contributed by atoms with van der Waals surface area (Å²) in [6, 6.07) is 21.7. The normalized spacial score (nSPS) is 12.7. The highest BCUT2D eigenvalue weighted by Crippen LogP contribution is 2.45. The van der Waals surface area contributed by atoms with Crippen molar-refractivity contribution in [3.05, 3.63) is 94.2 Å². The Morgan fingerprint density at radius 1 is 0.619 bits per heavy atom. The highest BCUT2D eigenvalue weighted by Gasteiger charge is 2.26. The maximum atomic E-state index is 2.59. The summed E-state index contributed by atoms with van der Waals surface area (Å²) in [4.78, 5) is 0. The summed E-state index contributed by atoms with van der Waals surface area (Å²) in [6.45, 7) is 20.8. The first-order valence-electron chi connectivity index (χ1n) is 15.7. The van der Waals surface area contributed by atoms with Crippen molar-refractivity contribution in [2.45, 2.75) is 80.1 Å². The van der Waals surface area contributed by atoms with Gasteiger partial charge < -0.3 is 4.40 Å². The van der Waals surface area contributed by atoms with E-state index in [4.69, 9.17) is 0 Å². The monoisotopic (exact) mass is 551 g/mol.